The second kappa shape index (κ2) is 10.6. The number of aryl methyl sites for hydroxylation is 1. The van der Waals surface area contributed by atoms with Crippen molar-refractivity contribution in [1.82, 2.24) is 5.43 Å². The summed E-state index contributed by atoms with van der Waals surface area (Å²) in [6, 6.07) is 23.8. The average Bonchev–Trinajstić information content (AvgIpc) is 2.77. The van der Waals surface area contributed by atoms with Gasteiger partial charge in [0.05, 0.1) is 12.3 Å². The van der Waals surface area contributed by atoms with Crippen LogP contribution >= 0.6 is 11.6 Å². The molecule has 0 aromatic heterocycles. The van der Waals surface area contributed by atoms with E-state index in [-0.39, 0.29) is 5.91 Å². The van der Waals surface area contributed by atoms with E-state index in [0.717, 1.165) is 28.2 Å². The molecule has 1 N–H and O–H groups in total. The van der Waals surface area contributed by atoms with E-state index in [1.54, 1.807) is 6.07 Å². The fourth-order valence-corrected chi connectivity index (χ4v) is 3.22. The quantitative estimate of drug-likeness (QED) is 0.275. The predicted molar refractivity (Wildman–Crippen MR) is 123 cm³/mol. The van der Waals surface area contributed by atoms with Crippen molar-refractivity contribution in [3.05, 3.63) is 88.9 Å². The molecule has 0 spiro atoms. The minimum absolute atomic E-state index is 0.133. The Bertz CT molecular complexity index is 1020. The number of benzene rings is 3. The van der Waals surface area contributed by atoms with E-state index in [0.29, 0.717) is 24.5 Å². The van der Waals surface area contributed by atoms with Crippen LogP contribution in [0.4, 0.5) is 0 Å². The highest BCUT2D eigenvalue weighted by Gasteiger charge is 2.04. The lowest BCUT2D eigenvalue weighted by Crippen LogP contribution is -2.19. The molecule has 3 aromatic carbocycles. The van der Waals surface area contributed by atoms with Gasteiger partial charge in [-0.25, -0.2) is 5.43 Å². The van der Waals surface area contributed by atoms with Crippen LogP contribution in [0.2, 0.25) is 5.02 Å². The molecular formula is C25H25ClN2O2. The van der Waals surface area contributed by atoms with Crippen molar-refractivity contribution in [2.45, 2.75) is 26.7 Å². The Kier molecular flexibility index (Phi) is 7.63. The Morgan fingerprint density at radius 1 is 1.00 bits per heavy atom. The van der Waals surface area contributed by atoms with Crippen LogP contribution in [0.5, 0.6) is 5.75 Å². The number of hydrogen-bond acceptors (Lipinski definition) is 3. The lowest BCUT2D eigenvalue weighted by atomic mass is 10.0. The van der Waals surface area contributed by atoms with Gasteiger partial charge in [-0.1, -0.05) is 66.2 Å². The summed E-state index contributed by atoms with van der Waals surface area (Å²) < 4.78 is 5.71. The van der Waals surface area contributed by atoms with E-state index in [2.05, 4.69) is 34.8 Å². The summed E-state index contributed by atoms with van der Waals surface area (Å²) in [5.41, 5.74) is 7.64. The maximum Gasteiger partial charge on any atom is 0.240 e. The van der Waals surface area contributed by atoms with E-state index in [4.69, 9.17) is 16.3 Å². The van der Waals surface area contributed by atoms with E-state index in [1.807, 2.05) is 56.3 Å². The molecule has 0 fully saturated rings. The van der Waals surface area contributed by atoms with Gasteiger partial charge in [0.1, 0.15) is 5.75 Å². The zero-order valence-electron chi connectivity index (χ0n) is 17.2. The molecule has 0 aliphatic rings. The Morgan fingerprint density at radius 3 is 2.40 bits per heavy atom. The minimum Gasteiger partial charge on any atom is -0.493 e. The fourth-order valence-electron chi connectivity index (χ4n) is 2.99. The van der Waals surface area contributed by atoms with Gasteiger partial charge in [-0.3, -0.25) is 4.79 Å². The lowest BCUT2D eigenvalue weighted by molar-refractivity contribution is -0.121. The molecule has 0 heterocycles. The van der Waals surface area contributed by atoms with Crippen LogP contribution < -0.4 is 10.2 Å². The van der Waals surface area contributed by atoms with Crippen molar-refractivity contribution >= 4 is 23.2 Å². The summed E-state index contributed by atoms with van der Waals surface area (Å²) in [4.78, 5) is 12.0. The molecule has 0 radical (unpaired) electrons. The van der Waals surface area contributed by atoms with Gasteiger partial charge < -0.3 is 4.74 Å². The number of rotatable bonds is 8. The average molecular weight is 421 g/mol. The fraction of sp³-hybridized carbons (Fsp3) is 0.200. The van der Waals surface area contributed by atoms with Gasteiger partial charge in [0, 0.05) is 11.4 Å². The molecule has 0 aliphatic carbocycles. The van der Waals surface area contributed by atoms with E-state index < -0.39 is 0 Å². The Labute approximate surface area is 182 Å². The highest BCUT2D eigenvalue weighted by molar-refractivity contribution is 6.30. The van der Waals surface area contributed by atoms with Crippen molar-refractivity contribution in [1.29, 1.82) is 0 Å². The van der Waals surface area contributed by atoms with Gasteiger partial charge in [0.25, 0.3) is 0 Å². The second-order valence-corrected chi connectivity index (χ2v) is 7.47. The number of ether oxygens (including phenoxy) is 1. The van der Waals surface area contributed by atoms with E-state index in [1.165, 1.54) is 5.56 Å². The summed E-state index contributed by atoms with van der Waals surface area (Å²) in [6.45, 7) is 4.28. The van der Waals surface area contributed by atoms with Gasteiger partial charge in [0.2, 0.25) is 5.91 Å². The predicted octanol–water partition coefficient (Wildman–Crippen LogP) is 6.01. The SMILES string of the molecule is CC(=NNC(=O)CCCOc1ccc(Cl)cc1C)c1ccc(-c2ccccc2)cc1. The van der Waals surface area contributed by atoms with Gasteiger partial charge in [-0.15, -0.1) is 0 Å². The first kappa shape index (κ1) is 21.6. The number of amides is 1. The Morgan fingerprint density at radius 2 is 1.70 bits per heavy atom. The summed E-state index contributed by atoms with van der Waals surface area (Å²) in [5.74, 6) is 0.652. The van der Waals surface area contributed by atoms with Crippen LogP contribution in [0.3, 0.4) is 0 Å². The molecule has 5 heteroatoms. The summed E-state index contributed by atoms with van der Waals surface area (Å²) in [7, 11) is 0. The van der Waals surface area contributed by atoms with Gasteiger partial charge >= 0.3 is 0 Å². The molecule has 0 unspecified atom stereocenters. The van der Waals surface area contributed by atoms with Gasteiger partial charge in [0.15, 0.2) is 0 Å². The number of nitrogens with one attached hydrogen (secondary N) is 1. The molecule has 1 amide bonds. The van der Waals surface area contributed by atoms with Crippen LogP contribution in [0.15, 0.2) is 77.9 Å². The summed E-state index contributed by atoms with van der Waals surface area (Å²) in [5, 5.41) is 4.90. The summed E-state index contributed by atoms with van der Waals surface area (Å²) >= 11 is 5.94. The molecule has 0 saturated heterocycles. The van der Waals surface area contributed by atoms with Crippen LogP contribution in [0, 0.1) is 6.92 Å². The standard InChI is InChI=1S/C25H25ClN2O2/c1-18-17-23(26)14-15-24(18)30-16-6-9-25(29)28-27-19(2)20-10-12-22(13-11-20)21-7-4-3-5-8-21/h3-5,7-8,10-15,17H,6,9,16H2,1-2H3,(H,28,29). The maximum atomic E-state index is 12.0. The normalized spacial score (nSPS) is 11.2. The van der Waals surface area contributed by atoms with Crippen molar-refractivity contribution in [3.63, 3.8) is 0 Å². The maximum absolute atomic E-state index is 12.0. The first-order chi connectivity index (χ1) is 14.5. The van der Waals surface area contributed by atoms with Gasteiger partial charge in [-0.05, 0) is 60.7 Å². The van der Waals surface area contributed by atoms with Crippen LogP contribution in [0.25, 0.3) is 11.1 Å². The number of hydrazone groups is 1. The second-order valence-electron chi connectivity index (χ2n) is 7.04. The monoisotopic (exact) mass is 420 g/mol. The molecule has 0 atom stereocenters. The van der Waals surface area contributed by atoms with E-state index >= 15 is 0 Å². The topological polar surface area (TPSA) is 50.7 Å². The number of hydrogen-bond donors (Lipinski definition) is 1. The third-order valence-electron chi connectivity index (χ3n) is 4.70. The highest BCUT2D eigenvalue weighted by atomic mass is 35.5. The Hall–Kier alpha value is -3.11. The molecular weight excluding hydrogens is 396 g/mol. The number of carbonyl (C=O) groups is 1. The van der Waals surface area contributed by atoms with Crippen LogP contribution in [0.1, 0.15) is 30.9 Å². The van der Waals surface area contributed by atoms with Gasteiger partial charge in [-0.2, -0.15) is 5.10 Å². The summed E-state index contributed by atoms with van der Waals surface area (Å²) in [6.07, 6.45) is 0.949. The van der Waals surface area contributed by atoms with E-state index in [9.17, 15) is 4.79 Å². The third kappa shape index (κ3) is 6.19. The van der Waals surface area contributed by atoms with Crippen molar-refractivity contribution < 1.29 is 9.53 Å². The zero-order chi connectivity index (χ0) is 21.3. The largest absolute Gasteiger partial charge is 0.493 e. The number of carbonyl (C=O) groups excluding carboxylic acids is 1. The lowest BCUT2D eigenvalue weighted by Gasteiger charge is -2.09. The molecule has 0 aliphatic heterocycles. The first-order valence-corrected chi connectivity index (χ1v) is 10.3. The third-order valence-corrected chi connectivity index (χ3v) is 4.94. The minimum atomic E-state index is -0.133. The van der Waals surface area contributed by atoms with Crippen molar-refractivity contribution in [2.24, 2.45) is 5.10 Å². The molecule has 3 rings (SSSR count). The first-order valence-electron chi connectivity index (χ1n) is 9.91. The molecule has 3 aromatic rings. The number of nitrogens with zero attached hydrogens (tertiary/aromatic N) is 1. The molecule has 4 nitrogen and oxygen atoms in total. The molecule has 0 bridgehead atoms. The Balaban J connectivity index is 1.45. The highest BCUT2D eigenvalue weighted by Crippen LogP contribution is 2.22. The molecule has 154 valence electrons. The van der Waals surface area contributed by atoms with Crippen LogP contribution in [-0.4, -0.2) is 18.2 Å². The van der Waals surface area contributed by atoms with Crippen molar-refractivity contribution in [2.75, 3.05) is 6.61 Å². The van der Waals surface area contributed by atoms with Crippen molar-refractivity contribution in [3.8, 4) is 16.9 Å². The molecule has 30 heavy (non-hydrogen) atoms. The van der Waals surface area contributed by atoms with Crippen LogP contribution in [-0.2, 0) is 4.79 Å². The molecule has 0 saturated carbocycles. The smallest absolute Gasteiger partial charge is 0.240 e. The zero-order valence-corrected chi connectivity index (χ0v) is 17.9. The number of halogens is 1.